The zero-order valence-corrected chi connectivity index (χ0v) is 8.54. The summed E-state index contributed by atoms with van der Waals surface area (Å²) in [6.07, 6.45) is 0. The standard InChI is InChI=1S/C9H9ClO3.H3N/c1-6-4-7(10)2-3-8(6)13-5-9(11)12;/h2-4H,5H2,1H3,(H,11,12);1H3. The van der Waals surface area contributed by atoms with Gasteiger partial charge >= 0.3 is 5.97 Å². The number of carboxylic acids is 1. The third kappa shape index (κ3) is 3.64. The molecule has 0 aliphatic heterocycles. The van der Waals surface area contributed by atoms with Gasteiger partial charge < -0.3 is 16.0 Å². The Kier molecular flexibility index (Phi) is 4.97. The Hall–Kier alpha value is -1.26. The largest absolute Gasteiger partial charge is 0.482 e. The van der Waals surface area contributed by atoms with E-state index in [0.717, 1.165) is 5.56 Å². The SMILES string of the molecule is Cc1cc(Cl)ccc1OCC(=O)O.N. The van der Waals surface area contributed by atoms with Gasteiger partial charge in [0.25, 0.3) is 0 Å². The van der Waals surface area contributed by atoms with E-state index in [1.165, 1.54) is 0 Å². The van der Waals surface area contributed by atoms with Crippen LogP contribution in [0, 0.1) is 6.92 Å². The molecule has 78 valence electrons. The zero-order chi connectivity index (χ0) is 9.84. The van der Waals surface area contributed by atoms with Crippen LogP contribution in [-0.4, -0.2) is 17.7 Å². The van der Waals surface area contributed by atoms with E-state index in [1.54, 1.807) is 18.2 Å². The lowest BCUT2D eigenvalue weighted by molar-refractivity contribution is -0.139. The van der Waals surface area contributed by atoms with Crippen molar-refractivity contribution in [3.8, 4) is 5.75 Å². The lowest BCUT2D eigenvalue weighted by Crippen LogP contribution is -2.09. The van der Waals surface area contributed by atoms with E-state index in [1.807, 2.05) is 6.92 Å². The minimum absolute atomic E-state index is 0. The van der Waals surface area contributed by atoms with Crippen LogP contribution in [0.4, 0.5) is 0 Å². The Balaban J connectivity index is 0.00000169. The first kappa shape index (κ1) is 12.7. The second kappa shape index (κ2) is 5.47. The molecule has 0 fully saturated rings. The van der Waals surface area contributed by atoms with Gasteiger partial charge in [-0.3, -0.25) is 0 Å². The molecular formula is C9H12ClNO3. The summed E-state index contributed by atoms with van der Waals surface area (Å²) < 4.78 is 5.00. The van der Waals surface area contributed by atoms with Gasteiger partial charge in [0.05, 0.1) is 0 Å². The number of halogens is 1. The highest BCUT2D eigenvalue weighted by Crippen LogP contribution is 2.21. The molecule has 4 nitrogen and oxygen atoms in total. The molecule has 0 atom stereocenters. The Morgan fingerprint density at radius 1 is 1.57 bits per heavy atom. The summed E-state index contributed by atoms with van der Waals surface area (Å²) in [5.41, 5.74) is 0.828. The molecule has 0 radical (unpaired) electrons. The zero-order valence-electron chi connectivity index (χ0n) is 7.79. The summed E-state index contributed by atoms with van der Waals surface area (Å²) in [5, 5.41) is 8.98. The minimum atomic E-state index is -0.991. The van der Waals surface area contributed by atoms with E-state index in [4.69, 9.17) is 21.4 Å². The molecule has 0 heterocycles. The van der Waals surface area contributed by atoms with E-state index in [9.17, 15) is 4.79 Å². The van der Waals surface area contributed by atoms with Gasteiger partial charge in [0.15, 0.2) is 6.61 Å². The van der Waals surface area contributed by atoms with Crippen LogP contribution in [0.25, 0.3) is 0 Å². The van der Waals surface area contributed by atoms with Crippen LogP contribution < -0.4 is 10.9 Å². The molecule has 0 saturated heterocycles. The molecule has 0 aliphatic carbocycles. The van der Waals surface area contributed by atoms with Crippen molar-refractivity contribution in [1.29, 1.82) is 0 Å². The summed E-state index contributed by atoms with van der Waals surface area (Å²) in [7, 11) is 0. The van der Waals surface area contributed by atoms with E-state index in [2.05, 4.69) is 0 Å². The van der Waals surface area contributed by atoms with Crippen molar-refractivity contribution in [2.24, 2.45) is 0 Å². The van der Waals surface area contributed by atoms with Gasteiger partial charge in [-0.2, -0.15) is 0 Å². The maximum Gasteiger partial charge on any atom is 0.341 e. The molecule has 0 spiro atoms. The second-order valence-electron chi connectivity index (χ2n) is 2.59. The first-order valence-electron chi connectivity index (χ1n) is 3.70. The highest BCUT2D eigenvalue weighted by Gasteiger charge is 2.02. The van der Waals surface area contributed by atoms with Crippen molar-refractivity contribution in [1.82, 2.24) is 6.15 Å². The number of aliphatic carboxylic acids is 1. The van der Waals surface area contributed by atoms with Gasteiger partial charge in [0, 0.05) is 5.02 Å². The summed E-state index contributed by atoms with van der Waals surface area (Å²) in [6, 6.07) is 5.03. The third-order valence-corrected chi connectivity index (χ3v) is 1.72. The highest BCUT2D eigenvalue weighted by atomic mass is 35.5. The average Bonchev–Trinajstić information content (AvgIpc) is 2.02. The first-order valence-corrected chi connectivity index (χ1v) is 4.08. The van der Waals surface area contributed by atoms with Crippen molar-refractivity contribution in [3.63, 3.8) is 0 Å². The molecule has 0 aliphatic rings. The van der Waals surface area contributed by atoms with Crippen molar-refractivity contribution in [2.75, 3.05) is 6.61 Å². The van der Waals surface area contributed by atoms with Gasteiger partial charge in [0.2, 0.25) is 0 Å². The Morgan fingerprint density at radius 2 is 2.21 bits per heavy atom. The highest BCUT2D eigenvalue weighted by molar-refractivity contribution is 6.30. The number of ether oxygens (including phenoxy) is 1. The summed E-state index contributed by atoms with van der Waals surface area (Å²) in [5.74, 6) is -0.443. The Morgan fingerprint density at radius 3 is 2.71 bits per heavy atom. The number of aryl methyl sites for hydroxylation is 1. The van der Waals surface area contributed by atoms with Crippen LogP contribution in [0.1, 0.15) is 5.56 Å². The Bertz CT molecular complexity index is 328. The minimum Gasteiger partial charge on any atom is -0.482 e. The lowest BCUT2D eigenvalue weighted by atomic mass is 10.2. The number of benzene rings is 1. The molecule has 1 aromatic carbocycles. The predicted molar refractivity (Wildman–Crippen MR) is 54.3 cm³/mol. The van der Waals surface area contributed by atoms with E-state index in [0.29, 0.717) is 10.8 Å². The maximum absolute atomic E-state index is 10.2. The number of rotatable bonds is 3. The number of carbonyl (C=O) groups is 1. The molecule has 5 heteroatoms. The van der Waals surface area contributed by atoms with Gasteiger partial charge in [-0.25, -0.2) is 4.79 Å². The fourth-order valence-electron chi connectivity index (χ4n) is 0.914. The predicted octanol–water partition coefficient (Wildman–Crippen LogP) is 2.27. The fourth-order valence-corrected chi connectivity index (χ4v) is 1.14. The topological polar surface area (TPSA) is 81.5 Å². The summed E-state index contributed by atoms with van der Waals surface area (Å²) in [6.45, 7) is 1.48. The van der Waals surface area contributed by atoms with Crippen molar-refractivity contribution in [2.45, 2.75) is 6.92 Å². The van der Waals surface area contributed by atoms with Gasteiger partial charge in [-0.05, 0) is 30.7 Å². The van der Waals surface area contributed by atoms with Crippen LogP contribution in [-0.2, 0) is 4.79 Å². The molecule has 0 unspecified atom stereocenters. The fraction of sp³-hybridized carbons (Fsp3) is 0.222. The van der Waals surface area contributed by atoms with Gasteiger partial charge in [0.1, 0.15) is 5.75 Å². The van der Waals surface area contributed by atoms with Crippen LogP contribution in [0.3, 0.4) is 0 Å². The molecule has 1 aromatic rings. The second-order valence-corrected chi connectivity index (χ2v) is 3.03. The number of carboxylic acid groups (broad SMARTS) is 1. The van der Waals surface area contributed by atoms with E-state index in [-0.39, 0.29) is 12.8 Å². The van der Waals surface area contributed by atoms with Crippen LogP contribution in [0.15, 0.2) is 18.2 Å². The van der Waals surface area contributed by atoms with Crippen LogP contribution in [0.5, 0.6) is 5.75 Å². The van der Waals surface area contributed by atoms with Crippen LogP contribution in [0.2, 0.25) is 5.02 Å². The normalized spacial score (nSPS) is 9.00. The summed E-state index contributed by atoms with van der Waals surface area (Å²) >= 11 is 5.71. The molecule has 0 aromatic heterocycles. The number of hydrogen-bond acceptors (Lipinski definition) is 3. The van der Waals surface area contributed by atoms with Gasteiger partial charge in [-0.15, -0.1) is 0 Å². The molecule has 14 heavy (non-hydrogen) atoms. The molecular weight excluding hydrogens is 206 g/mol. The first-order chi connectivity index (χ1) is 6.09. The maximum atomic E-state index is 10.2. The third-order valence-electron chi connectivity index (χ3n) is 1.49. The summed E-state index contributed by atoms with van der Waals surface area (Å²) in [4.78, 5) is 10.2. The van der Waals surface area contributed by atoms with Crippen molar-refractivity contribution < 1.29 is 14.6 Å². The van der Waals surface area contributed by atoms with E-state index >= 15 is 0 Å². The average molecular weight is 218 g/mol. The molecule has 0 saturated carbocycles. The monoisotopic (exact) mass is 217 g/mol. The lowest BCUT2D eigenvalue weighted by Gasteiger charge is -2.06. The van der Waals surface area contributed by atoms with Gasteiger partial charge in [-0.1, -0.05) is 11.6 Å². The molecule has 1 rings (SSSR count). The smallest absolute Gasteiger partial charge is 0.341 e. The van der Waals surface area contributed by atoms with E-state index < -0.39 is 5.97 Å². The number of hydrogen-bond donors (Lipinski definition) is 2. The molecule has 4 N–H and O–H groups in total. The quantitative estimate of drug-likeness (QED) is 0.814. The van der Waals surface area contributed by atoms with Crippen molar-refractivity contribution >= 4 is 17.6 Å². The molecule has 0 bridgehead atoms. The van der Waals surface area contributed by atoms with Crippen molar-refractivity contribution in [3.05, 3.63) is 28.8 Å². The molecule has 0 amide bonds. The van der Waals surface area contributed by atoms with Crippen LogP contribution >= 0.6 is 11.6 Å². The Labute approximate surface area is 87.0 Å².